The van der Waals surface area contributed by atoms with Crippen LogP contribution in [0.1, 0.15) is 52.0 Å². The summed E-state index contributed by atoms with van der Waals surface area (Å²) < 4.78 is 29.5. The summed E-state index contributed by atoms with van der Waals surface area (Å²) in [4.78, 5) is 45.4. The van der Waals surface area contributed by atoms with Crippen LogP contribution in [0.2, 0.25) is 0 Å². The van der Waals surface area contributed by atoms with Crippen molar-refractivity contribution in [1.29, 1.82) is 0 Å². The zero-order chi connectivity index (χ0) is 36.1. The lowest BCUT2D eigenvalue weighted by Gasteiger charge is -2.36. The van der Waals surface area contributed by atoms with Crippen LogP contribution >= 0.6 is 0 Å². The molecule has 0 spiro atoms. The van der Waals surface area contributed by atoms with Crippen LogP contribution in [-0.4, -0.2) is 76.4 Å². The fourth-order valence-corrected chi connectivity index (χ4v) is 6.62. The van der Waals surface area contributed by atoms with Gasteiger partial charge in [0.25, 0.3) is 0 Å². The van der Waals surface area contributed by atoms with Gasteiger partial charge in [0, 0.05) is 54.3 Å². The SMILES string of the molecule is CC(C)(C)OC(=O)NCC1CCC(C(=O)N(c2ccc(-c3nn[nH]n3)cc2)[C@@H](Cc2ccc(-c3cncc(S(C)(=O)=O)c3)cc2)C(N)=O)CC1. The lowest BCUT2D eigenvalue weighted by atomic mass is 9.81. The predicted molar refractivity (Wildman–Crippen MR) is 186 cm³/mol. The highest BCUT2D eigenvalue weighted by Crippen LogP contribution is 2.33. The molecule has 0 saturated heterocycles. The third kappa shape index (κ3) is 9.28. The van der Waals surface area contributed by atoms with Gasteiger partial charge in [0.2, 0.25) is 17.6 Å². The average Bonchev–Trinajstić information content (AvgIpc) is 3.62. The topological polar surface area (TPSA) is 203 Å². The van der Waals surface area contributed by atoms with Crippen molar-refractivity contribution in [3.8, 4) is 22.5 Å². The molecule has 4 aromatic rings. The largest absolute Gasteiger partial charge is 0.444 e. The summed E-state index contributed by atoms with van der Waals surface area (Å²) in [5.41, 5.74) is 8.73. The Morgan fingerprint density at radius 3 is 2.22 bits per heavy atom. The highest BCUT2D eigenvalue weighted by Gasteiger charge is 2.36. The Labute approximate surface area is 291 Å². The number of pyridine rings is 1. The number of primary amides is 1. The molecular weight excluding hydrogens is 661 g/mol. The first-order valence-corrected chi connectivity index (χ1v) is 18.2. The van der Waals surface area contributed by atoms with Crippen LogP contribution in [0, 0.1) is 11.8 Å². The van der Waals surface area contributed by atoms with Gasteiger partial charge in [-0.25, -0.2) is 13.2 Å². The Morgan fingerprint density at radius 1 is 0.980 bits per heavy atom. The van der Waals surface area contributed by atoms with Crippen molar-refractivity contribution in [2.75, 3.05) is 17.7 Å². The molecule has 1 aliphatic rings. The molecule has 0 bridgehead atoms. The molecule has 1 saturated carbocycles. The molecule has 0 unspecified atom stereocenters. The van der Waals surface area contributed by atoms with Crippen LogP contribution in [0.3, 0.4) is 0 Å². The standard InChI is InChI=1S/C35H42N8O6S/c1-35(2,3)49-34(46)38-19-23-7-11-26(12-8-23)33(45)43(28-15-13-25(14-16-28)32-39-41-42-40-32)30(31(36)44)17-22-5-9-24(10-6-22)27-18-29(21-37-20-27)50(4,47)48/h5-6,9-10,13-16,18,20-21,23,26,30H,7-8,11-12,17,19H2,1-4H3,(H2,36,44)(H,38,46)(H,39,40,41,42)/t23?,26?,30-/m0/s1. The summed E-state index contributed by atoms with van der Waals surface area (Å²) >= 11 is 0. The summed E-state index contributed by atoms with van der Waals surface area (Å²) in [6.45, 7) is 5.87. The fraction of sp³-hybridized carbons (Fsp3) is 0.400. The van der Waals surface area contributed by atoms with Gasteiger partial charge in [-0.15, -0.1) is 10.2 Å². The van der Waals surface area contributed by atoms with Crippen molar-refractivity contribution in [2.45, 2.75) is 69.4 Å². The molecule has 50 heavy (non-hydrogen) atoms. The predicted octanol–water partition coefficient (Wildman–Crippen LogP) is 4.09. The quantitative estimate of drug-likeness (QED) is 0.204. The maximum Gasteiger partial charge on any atom is 0.407 e. The molecular formula is C35H42N8O6S. The zero-order valence-corrected chi connectivity index (χ0v) is 29.3. The van der Waals surface area contributed by atoms with Gasteiger partial charge < -0.3 is 15.8 Å². The number of aromatic amines is 1. The van der Waals surface area contributed by atoms with E-state index in [4.69, 9.17) is 10.5 Å². The fourth-order valence-electron chi connectivity index (χ4n) is 6.02. The molecule has 14 nitrogen and oxygen atoms in total. The molecule has 3 amide bonds. The van der Waals surface area contributed by atoms with Crippen molar-refractivity contribution < 1.29 is 27.5 Å². The van der Waals surface area contributed by atoms with Crippen molar-refractivity contribution in [2.24, 2.45) is 17.6 Å². The number of benzene rings is 2. The second-order valence-electron chi connectivity index (χ2n) is 13.6. The number of hydrogen-bond donors (Lipinski definition) is 3. The molecule has 0 aliphatic heterocycles. The molecule has 15 heteroatoms. The number of hydrogen-bond acceptors (Lipinski definition) is 10. The van der Waals surface area contributed by atoms with Crippen molar-refractivity contribution >= 4 is 33.4 Å². The van der Waals surface area contributed by atoms with Gasteiger partial charge in [-0.05, 0) is 99.0 Å². The maximum absolute atomic E-state index is 14.4. The summed E-state index contributed by atoms with van der Waals surface area (Å²) in [5, 5.41) is 16.9. The van der Waals surface area contributed by atoms with Crippen molar-refractivity contribution in [3.05, 3.63) is 72.6 Å². The molecule has 2 aromatic heterocycles. The van der Waals surface area contributed by atoms with E-state index in [1.165, 1.54) is 11.1 Å². The van der Waals surface area contributed by atoms with Crippen LogP contribution in [0.4, 0.5) is 10.5 Å². The number of amides is 3. The number of anilines is 1. The van der Waals surface area contributed by atoms with E-state index < -0.39 is 33.5 Å². The van der Waals surface area contributed by atoms with Crippen LogP contribution in [0.15, 0.2) is 71.9 Å². The number of nitrogens with two attached hydrogens (primary N) is 1. The van der Waals surface area contributed by atoms with Crippen LogP contribution in [0.25, 0.3) is 22.5 Å². The molecule has 2 heterocycles. The van der Waals surface area contributed by atoms with Gasteiger partial charge in [0.1, 0.15) is 11.6 Å². The van der Waals surface area contributed by atoms with Crippen molar-refractivity contribution in [3.63, 3.8) is 0 Å². The summed E-state index contributed by atoms with van der Waals surface area (Å²) in [6.07, 6.45) is 6.28. The third-order valence-corrected chi connectivity index (χ3v) is 9.69. The molecule has 1 aliphatic carbocycles. The second kappa shape index (κ2) is 15.2. The third-order valence-electron chi connectivity index (χ3n) is 8.61. The molecule has 5 rings (SSSR count). The normalized spacial score (nSPS) is 17.0. The Bertz CT molecular complexity index is 1900. The van der Waals surface area contributed by atoms with Gasteiger partial charge in [0.05, 0.1) is 4.90 Å². The van der Waals surface area contributed by atoms with Crippen LogP contribution < -0.4 is 16.0 Å². The summed E-state index contributed by atoms with van der Waals surface area (Å²) in [5.74, 6) is -0.655. The number of sulfone groups is 1. The van der Waals surface area contributed by atoms with E-state index in [-0.39, 0.29) is 29.1 Å². The van der Waals surface area contributed by atoms with E-state index in [1.54, 1.807) is 36.5 Å². The minimum absolute atomic E-state index is 0.112. The van der Waals surface area contributed by atoms with Gasteiger partial charge in [-0.2, -0.15) is 5.21 Å². The number of rotatable bonds is 11. The number of tetrazole rings is 1. The van der Waals surface area contributed by atoms with Crippen LogP contribution in [-0.2, 0) is 30.6 Å². The Kier molecular flexibility index (Phi) is 10.9. The number of aromatic nitrogens is 5. The summed E-state index contributed by atoms with van der Waals surface area (Å²) in [6, 6.07) is 14.8. The first-order chi connectivity index (χ1) is 23.7. The first kappa shape index (κ1) is 36.1. The number of nitrogens with one attached hydrogen (secondary N) is 2. The van der Waals surface area contributed by atoms with Crippen LogP contribution in [0.5, 0.6) is 0 Å². The minimum atomic E-state index is -3.44. The van der Waals surface area contributed by atoms with E-state index in [9.17, 15) is 22.8 Å². The monoisotopic (exact) mass is 702 g/mol. The second-order valence-corrected chi connectivity index (χ2v) is 15.6. The lowest BCUT2D eigenvalue weighted by Crippen LogP contribution is -2.52. The van der Waals surface area contributed by atoms with E-state index in [1.807, 2.05) is 45.0 Å². The first-order valence-electron chi connectivity index (χ1n) is 16.4. The number of ether oxygens (including phenoxy) is 1. The average molecular weight is 703 g/mol. The maximum atomic E-state index is 14.4. The zero-order valence-electron chi connectivity index (χ0n) is 28.5. The molecule has 4 N–H and O–H groups in total. The molecule has 0 radical (unpaired) electrons. The molecule has 1 fully saturated rings. The lowest BCUT2D eigenvalue weighted by molar-refractivity contribution is -0.127. The number of nitrogens with zero attached hydrogens (tertiary/aromatic N) is 5. The van der Waals surface area contributed by atoms with E-state index >= 15 is 0 Å². The number of H-pyrrole nitrogens is 1. The van der Waals surface area contributed by atoms with E-state index in [0.717, 1.165) is 30.2 Å². The molecule has 1 atom stereocenters. The van der Waals surface area contributed by atoms with Gasteiger partial charge in [-0.3, -0.25) is 19.5 Å². The number of alkyl carbamates (subject to hydrolysis) is 1. The Morgan fingerprint density at radius 2 is 1.64 bits per heavy atom. The highest BCUT2D eigenvalue weighted by atomic mass is 32.2. The van der Waals surface area contributed by atoms with Gasteiger partial charge in [-0.1, -0.05) is 24.3 Å². The van der Waals surface area contributed by atoms with Gasteiger partial charge in [0.15, 0.2) is 9.84 Å². The van der Waals surface area contributed by atoms with E-state index in [2.05, 4.69) is 30.9 Å². The Hall–Kier alpha value is -5.18. The highest BCUT2D eigenvalue weighted by molar-refractivity contribution is 7.90. The van der Waals surface area contributed by atoms with Gasteiger partial charge >= 0.3 is 6.09 Å². The Balaban J connectivity index is 1.36. The molecule has 2 aromatic carbocycles. The van der Waals surface area contributed by atoms with Crippen molar-refractivity contribution in [1.82, 2.24) is 30.9 Å². The minimum Gasteiger partial charge on any atom is -0.444 e. The number of carbonyl (C=O) groups is 3. The molecule has 264 valence electrons. The number of carbonyl (C=O) groups excluding carboxylic acids is 3. The summed E-state index contributed by atoms with van der Waals surface area (Å²) in [7, 11) is -3.44. The van der Waals surface area contributed by atoms with E-state index in [0.29, 0.717) is 42.0 Å². The smallest absolute Gasteiger partial charge is 0.407 e.